The van der Waals surface area contributed by atoms with Crippen LogP contribution in [0, 0.1) is 12.7 Å². The lowest BCUT2D eigenvalue weighted by atomic mass is 10.1. The maximum Gasteiger partial charge on any atom is 0.282 e. The molecule has 0 saturated carbocycles. The number of anilines is 1. The van der Waals surface area contributed by atoms with Crippen molar-refractivity contribution in [3.63, 3.8) is 0 Å². The molecule has 124 valence electrons. The van der Waals surface area contributed by atoms with Gasteiger partial charge in [-0.05, 0) is 31.0 Å². The Morgan fingerprint density at radius 3 is 2.92 bits per heavy atom. The lowest BCUT2D eigenvalue weighted by Gasteiger charge is -2.09. The second-order valence-electron chi connectivity index (χ2n) is 5.43. The first-order valence-corrected chi connectivity index (χ1v) is 8.41. The molecule has 2 aromatic heterocycles. The van der Waals surface area contributed by atoms with Gasteiger partial charge in [0.25, 0.3) is 5.56 Å². The Balaban J connectivity index is 1.92. The normalized spacial score (nSPS) is 11.0. The van der Waals surface area contributed by atoms with Gasteiger partial charge < -0.3 is 5.32 Å². The van der Waals surface area contributed by atoms with E-state index in [2.05, 4.69) is 10.3 Å². The number of hydrogen-bond acceptors (Lipinski definition) is 4. The molecular weight excluding hydrogens is 329 g/mol. The molecule has 0 radical (unpaired) electrons. The van der Waals surface area contributed by atoms with Crippen LogP contribution in [0.5, 0.6) is 0 Å². The SMILES string of the molecule is CCc1csc2nc(C)c(NC(=O)Cc3cccc(F)c3)c(=O)n12. The van der Waals surface area contributed by atoms with Gasteiger partial charge in [0.05, 0.1) is 12.1 Å². The Labute approximate surface area is 141 Å². The number of aromatic nitrogens is 2. The molecule has 24 heavy (non-hydrogen) atoms. The minimum Gasteiger partial charge on any atom is -0.320 e. The minimum absolute atomic E-state index is 0.0103. The minimum atomic E-state index is -0.398. The van der Waals surface area contributed by atoms with Gasteiger partial charge in [-0.3, -0.25) is 14.0 Å². The molecule has 3 rings (SSSR count). The first-order chi connectivity index (χ1) is 11.5. The quantitative estimate of drug-likeness (QED) is 0.791. The van der Waals surface area contributed by atoms with Crippen molar-refractivity contribution >= 4 is 27.9 Å². The fourth-order valence-corrected chi connectivity index (χ4v) is 3.52. The van der Waals surface area contributed by atoms with Gasteiger partial charge >= 0.3 is 0 Å². The highest BCUT2D eigenvalue weighted by Crippen LogP contribution is 2.17. The third-order valence-corrected chi connectivity index (χ3v) is 4.58. The highest BCUT2D eigenvalue weighted by molar-refractivity contribution is 7.15. The van der Waals surface area contributed by atoms with Crippen LogP contribution in [0.2, 0.25) is 0 Å². The van der Waals surface area contributed by atoms with E-state index >= 15 is 0 Å². The van der Waals surface area contributed by atoms with Gasteiger partial charge in [0.2, 0.25) is 5.91 Å². The summed E-state index contributed by atoms with van der Waals surface area (Å²) in [7, 11) is 0. The average Bonchev–Trinajstić information content (AvgIpc) is 2.94. The topological polar surface area (TPSA) is 63.5 Å². The van der Waals surface area contributed by atoms with Gasteiger partial charge in [-0.1, -0.05) is 19.1 Å². The maximum atomic E-state index is 13.2. The number of nitrogens with one attached hydrogen (secondary N) is 1. The van der Waals surface area contributed by atoms with E-state index in [1.165, 1.54) is 27.9 Å². The number of fused-ring (bicyclic) bond motifs is 1. The highest BCUT2D eigenvalue weighted by Gasteiger charge is 2.16. The standard InChI is InChI=1S/C17H16FN3O2S/c1-3-13-9-24-17-19-10(2)15(16(23)21(13)17)20-14(22)8-11-5-4-6-12(18)7-11/h4-7,9H,3,8H2,1-2H3,(H,20,22). The van der Waals surface area contributed by atoms with Crippen LogP contribution in [-0.4, -0.2) is 15.3 Å². The molecule has 7 heteroatoms. The summed E-state index contributed by atoms with van der Waals surface area (Å²) in [5.74, 6) is -0.777. The molecule has 0 unspecified atom stereocenters. The van der Waals surface area contributed by atoms with Gasteiger partial charge in [0.1, 0.15) is 11.5 Å². The first kappa shape index (κ1) is 16.3. The molecule has 3 aromatic rings. The van der Waals surface area contributed by atoms with Crippen molar-refractivity contribution in [3.8, 4) is 0 Å². The highest BCUT2D eigenvalue weighted by atomic mass is 32.1. The Morgan fingerprint density at radius 2 is 2.21 bits per heavy atom. The zero-order valence-corrected chi connectivity index (χ0v) is 14.1. The van der Waals surface area contributed by atoms with Gasteiger partial charge in [0.15, 0.2) is 4.96 Å². The van der Waals surface area contributed by atoms with E-state index in [1.807, 2.05) is 12.3 Å². The molecule has 1 N–H and O–H groups in total. The van der Waals surface area contributed by atoms with Crippen molar-refractivity contribution in [2.24, 2.45) is 0 Å². The second kappa shape index (κ2) is 6.52. The molecule has 2 heterocycles. The molecule has 0 spiro atoms. The van der Waals surface area contributed by atoms with Crippen LogP contribution in [0.4, 0.5) is 10.1 Å². The molecule has 1 amide bonds. The number of hydrogen-bond donors (Lipinski definition) is 1. The molecule has 0 saturated heterocycles. The summed E-state index contributed by atoms with van der Waals surface area (Å²) < 4.78 is 14.7. The summed E-state index contributed by atoms with van der Waals surface area (Å²) in [5, 5.41) is 4.52. The Hall–Kier alpha value is -2.54. The summed E-state index contributed by atoms with van der Waals surface area (Å²) in [5.41, 5.74) is 1.75. The summed E-state index contributed by atoms with van der Waals surface area (Å²) in [6.07, 6.45) is 0.685. The van der Waals surface area contributed by atoms with Crippen molar-refractivity contribution in [3.05, 3.63) is 62.8 Å². The third-order valence-electron chi connectivity index (χ3n) is 3.70. The largest absolute Gasteiger partial charge is 0.320 e. The molecule has 0 aliphatic heterocycles. The van der Waals surface area contributed by atoms with E-state index < -0.39 is 5.82 Å². The Bertz CT molecular complexity index is 978. The third kappa shape index (κ3) is 3.07. The molecule has 0 aliphatic rings. The summed E-state index contributed by atoms with van der Waals surface area (Å²) >= 11 is 1.40. The van der Waals surface area contributed by atoms with E-state index in [9.17, 15) is 14.0 Å². The van der Waals surface area contributed by atoms with Crippen LogP contribution < -0.4 is 10.9 Å². The number of nitrogens with zero attached hydrogens (tertiary/aromatic N) is 2. The summed E-state index contributed by atoms with van der Waals surface area (Å²) in [6.45, 7) is 3.64. The zero-order chi connectivity index (χ0) is 17.3. The van der Waals surface area contributed by atoms with Crippen LogP contribution in [0.1, 0.15) is 23.9 Å². The predicted molar refractivity (Wildman–Crippen MR) is 92.2 cm³/mol. The van der Waals surface area contributed by atoms with Crippen LogP contribution in [0.15, 0.2) is 34.4 Å². The monoisotopic (exact) mass is 345 g/mol. The fraction of sp³-hybridized carbons (Fsp3) is 0.235. The fourth-order valence-electron chi connectivity index (χ4n) is 2.51. The number of halogens is 1. The van der Waals surface area contributed by atoms with E-state index in [0.717, 1.165) is 5.69 Å². The van der Waals surface area contributed by atoms with Crippen molar-refractivity contribution in [2.45, 2.75) is 26.7 Å². The number of aryl methyl sites for hydroxylation is 2. The van der Waals surface area contributed by atoms with Gasteiger partial charge in [0, 0.05) is 11.1 Å². The van der Waals surface area contributed by atoms with Crippen molar-refractivity contribution in [1.82, 2.24) is 9.38 Å². The summed E-state index contributed by atoms with van der Waals surface area (Å²) in [4.78, 5) is 29.9. The first-order valence-electron chi connectivity index (χ1n) is 7.53. The molecule has 5 nitrogen and oxygen atoms in total. The Kier molecular flexibility index (Phi) is 4.44. The number of benzene rings is 1. The zero-order valence-electron chi connectivity index (χ0n) is 13.3. The van der Waals surface area contributed by atoms with Crippen LogP contribution in [0.3, 0.4) is 0 Å². The predicted octanol–water partition coefficient (Wildman–Crippen LogP) is 2.95. The van der Waals surface area contributed by atoms with Crippen molar-refractivity contribution < 1.29 is 9.18 Å². The second-order valence-corrected chi connectivity index (χ2v) is 6.27. The van der Waals surface area contributed by atoms with Gasteiger partial charge in [-0.2, -0.15) is 0 Å². The molecule has 0 aliphatic carbocycles. The molecule has 1 aromatic carbocycles. The van der Waals surface area contributed by atoms with E-state index in [4.69, 9.17) is 0 Å². The smallest absolute Gasteiger partial charge is 0.282 e. The lowest BCUT2D eigenvalue weighted by Crippen LogP contribution is -2.26. The Morgan fingerprint density at radius 1 is 1.42 bits per heavy atom. The number of carbonyl (C=O) groups excluding carboxylic acids is 1. The van der Waals surface area contributed by atoms with E-state index in [0.29, 0.717) is 22.6 Å². The van der Waals surface area contributed by atoms with Crippen LogP contribution >= 0.6 is 11.3 Å². The van der Waals surface area contributed by atoms with Crippen LogP contribution in [-0.2, 0) is 17.6 Å². The number of thiazole rings is 1. The van der Waals surface area contributed by atoms with Crippen molar-refractivity contribution in [2.75, 3.05) is 5.32 Å². The molecule has 0 bridgehead atoms. The lowest BCUT2D eigenvalue weighted by molar-refractivity contribution is -0.115. The van der Waals surface area contributed by atoms with Crippen LogP contribution in [0.25, 0.3) is 4.96 Å². The van der Waals surface area contributed by atoms with Gasteiger partial charge in [-0.15, -0.1) is 11.3 Å². The van der Waals surface area contributed by atoms with E-state index in [1.54, 1.807) is 19.1 Å². The molecule has 0 atom stereocenters. The maximum absolute atomic E-state index is 13.2. The summed E-state index contributed by atoms with van der Waals surface area (Å²) in [6, 6.07) is 5.83. The molecule has 0 fully saturated rings. The van der Waals surface area contributed by atoms with Crippen molar-refractivity contribution in [1.29, 1.82) is 0 Å². The number of amides is 1. The number of carbonyl (C=O) groups is 1. The van der Waals surface area contributed by atoms with Gasteiger partial charge in [-0.25, -0.2) is 9.37 Å². The van der Waals surface area contributed by atoms with E-state index in [-0.39, 0.29) is 23.6 Å². The average molecular weight is 345 g/mol. The molecular formula is C17H16FN3O2S. The number of rotatable bonds is 4.